The molecule has 0 radical (unpaired) electrons. The number of ether oxygens (including phenoxy) is 1. The SMILES string of the molecule is O=Cc1nn([C@H]2CCCCO2)c2ccc(O)cc12. The van der Waals surface area contributed by atoms with Gasteiger partial charge < -0.3 is 9.84 Å². The van der Waals surface area contributed by atoms with E-state index in [0.29, 0.717) is 17.4 Å². The lowest BCUT2D eigenvalue weighted by molar-refractivity contribution is -0.0367. The first kappa shape index (κ1) is 11.2. The Morgan fingerprint density at radius 3 is 3.06 bits per heavy atom. The fraction of sp³-hybridized carbons (Fsp3) is 0.385. The Morgan fingerprint density at radius 2 is 2.33 bits per heavy atom. The summed E-state index contributed by atoms with van der Waals surface area (Å²) in [5.74, 6) is 0.134. The van der Waals surface area contributed by atoms with E-state index in [1.54, 1.807) is 22.9 Å². The summed E-state index contributed by atoms with van der Waals surface area (Å²) >= 11 is 0. The summed E-state index contributed by atoms with van der Waals surface area (Å²) < 4.78 is 7.43. The molecule has 0 amide bonds. The van der Waals surface area contributed by atoms with Gasteiger partial charge in [0, 0.05) is 12.0 Å². The zero-order valence-electron chi connectivity index (χ0n) is 9.87. The predicted octanol–water partition coefficient (Wildman–Crippen LogP) is 2.25. The molecular formula is C13H14N2O3. The molecule has 0 saturated carbocycles. The first-order chi connectivity index (χ1) is 8.79. The number of hydrogen-bond donors (Lipinski definition) is 1. The molecule has 18 heavy (non-hydrogen) atoms. The van der Waals surface area contributed by atoms with Crippen molar-refractivity contribution < 1.29 is 14.6 Å². The quantitative estimate of drug-likeness (QED) is 0.825. The van der Waals surface area contributed by atoms with E-state index in [-0.39, 0.29) is 12.0 Å². The van der Waals surface area contributed by atoms with Crippen LogP contribution in [0.2, 0.25) is 0 Å². The second-order valence-electron chi connectivity index (χ2n) is 4.47. The molecule has 2 heterocycles. The highest BCUT2D eigenvalue weighted by Crippen LogP contribution is 2.29. The third kappa shape index (κ3) is 1.76. The minimum atomic E-state index is -0.112. The van der Waals surface area contributed by atoms with E-state index in [9.17, 15) is 9.90 Å². The highest BCUT2D eigenvalue weighted by molar-refractivity contribution is 5.95. The Labute approximate surface area is 104 Å². The Balaban J connectivity index is 2.13. The number of hydrogen-bond acceptors (Lipinski definition) is 4. The maximum absolute atomic E-state index is 11.0. The second-order valence-corrected chi connectivity index (χ2v) is 4.47. The Kier molecular flexibility index (Phi) is 2.76. The first-order valence-electron chi connectivity index (χ1n) is 6.07. The number of phenolic OH excluding ortho intramolecular Hbond substituents is 1. The molecule has 0 aliphatic carbocycles. The summed E-state index contributed by atoms with van der Waals surface area (Å²) in [7, 11) is 0. The van der Waals surface area contributed by atoms with E-state index in [2.05, 4.69) is 5.10 Å². The van der Waals surface area contributed by atoms with Crippen molar-refractivity contribution in [1.29, 1.82) is 0 Å². The molecule has 0 bridgehead atoms. The summed E-state index contributed by atoms with van der Waals surface area (Å²) in [5, 5.41) is 14.4. The first-order valence-corrected chi connectivity index (χ1v) is 6.07. The summed E-state index contributed by atoms with van der Waals surface area (Å²) in [4.78, 5) is 11.0. The Bertz CT molecular complexity index is 585. The van der Waals surface area contributed by atoms with Crippen molar-refractivity contribution in [3.05, 3.63) is 23.9 Å². The van der Waals surface area contributed by atoms with Crippen LogP contribution in [0.5, 0.6) is 5.75 Å². The summed E-state index contributed by atoms with van der Waals surface area (Å²) in [6.07, 6.45) is 3.66. The molecule has 5 nitrogen and oxygen atoms in total. The number of benzene rings is 1. The lowest BCUT2D eigenvalue weighted by atomic mass is 10.1. The van der Waals surface area contributed by atoms with Gasteiger partial charge in [0.05, 0.1) is 5.52 Å². The van der Waals surface area contributed by atoms with Crippen LogP contribution in [0.3, 0.4) is 0 Å². The average Bonchev–Trinajstić information content (AvgIpc) is 2.77. The van der Waals surface area contributed by atoms with E-state index < -0.39 is 0 Å². The number of carbonyl (C=O) groups excluding carboxylic acids is 1. The molecular weight excluding hydrogens is 232 g/mol. The number of nitrogens with zero attached hydrogens (tertiary/aromatic N) is 2. The molecule has 1 fully saturated rings. The third-order valence-corrected chi connectivity index (χ3v) is 3.26. The minimum Gasteiger partial charge on any atom is -0.508 e. The molecule has 1 aromatic carbocycles. The van der Waals surface area contributed by atoms with Crippen molar-refractivity contribution >= 4 is 17.2 Å². The Morgan fingerprint density at radius 1 is 1.44 bits per heavy atom. The van der Waals surface area contributed by atoms with Gasteiger partial charge in [-0.1, -0.05) is 0 Å². The number of aldehydes is 1. The number of aromatic hydroxyl groups is 1. The molecule has 1 aliphatic heterocycles. The number of rotatable bonds is 2. The average molecular weight is 246 g/mol. The number of aromatic nitrogens is 2. The normalized spacial score (nSPS) is 20.1. The smallest absolute Gasteiger partial charge is 0.170 e. The predicted molar refractivity (Wildman–Crippen MR) is 65.6 cm³/mol. The highest BCUT2D eigenvalue weighted by Gasteiger charge is 2.20. The molecule has 1 atom stereocenters. The molecule has 0 spiro atoms. The van der Waals surface area contributed by atoms with Crippen molar-refractivity contribution in [2.75, 3.05) is 6.61 Å². The maximum atomic E-state index is 11.0. The minimum absolute atomic E-state index is 0.112. The zero-order chi connectivity index (χ0) is 12.5. The lowest BCUT2D eigenvalue weighted by Crippen LogP contribution is -2.19. The van der Waals surface area contributed by atoms with Crippen molar-refractivity contribution in [2.45, 2.75) is 25.5 Å². The van der Waals surface area contributed by atoms with Gasteiger partial charge in [-0.25, -0.2) is 4.68 Å². The van der Waals surface area contributed by atoms with Crippen molar-refractivity contribution in [2.24, 2.45) is 0 Å². The molecule has 1 aromatic heterocycles. The second kappa shape index (κ2) is 4.42. The number of carbonyl (C=O) groups is 1. The molecule has 1 saturated heterocycles. The monoisotopic (exact) mass is 246 g/mol. The molecule has 1 N–H and O–H groups in total. The van der Waals surface area contributed by atoms with Crippen LogP contribution in [0.15, 0.2) is 18.2 Å². The van der Waals surface area contributed by atoms with Gasteiger partial charge in [-0.2, -0.15) is 5.10 Å². The summed E-state index contributed by atoms with van der Waals surface area (Å²) in [6.45, 7) is 0.723. The van der Waals surface area contributed by atoms with Crippen LogP contribution < -0.4 is 0 Å². The van der Waals surface area contributed by atoms with Crippen LogP contribution in [0.4, 0.5) is 0 Å². The largest absolute Gasteiger partial charge is 0.508 e. The van der Waals surface area contributed by atoms with Crippen LogP contribution in [-0.2, 0) is 4.74 Å². The Hall–Kier alpha value is -1.88. The van der Waals surface area contributed by atoms with Crippen LogP contribution in [0, 0.1) is 0 Å². The van der Waals surface area contributed by atoms with Crippen molar-refractivity contribution in [1.82, 2.24) is 9.78 Å². The summed E-state index contributed by atoms with van der Waals surface area (Å²) in [5.41, 5.74) is 1.16. The van der Waals surface area contributed by atoms with Crippen molar-refractivity contribution in [3.63, 3.8) is 0 Å². The van der Waals surface area contributed by atoms with Gasteiger partial charge in [-0.3, -0.25) is 4.79 Å². The van der Waals surface area contributed by atoms with Gasteiger partial charge in [-0.05, 0) is 37.5 Å². The van der Waals surface area contributed by atoms with Crippen LogP contribution >= 0.6 is 0 Å². The van der Waals surface area contributed by atoms with Crippen LogP contribution in [0.1, 0.15) is 36.0 Å². The number of fused-ring (bicyclic) bond motifs is 1. The fourth-order valence-corrected chi connectivity index (χ4v) is 2.38. The third-order valence-electron chi connectivity index (χ3n) is 3.26. The van der Waals surface area contributed by atoms with E-state index >= 15 is 0 Å². The lowest BCUT2D eigenvalue weighted by Gasteiger charge is -2.23. The van der Waals surface area contributed by atoms with Crippen LogP contribution in [0.25, 0.3) is 10.9 Å². The van der Waals surface area contributed by atoms with Gasteiger partial charge >= 0.3 is 0 Å². The maximum Gasteiger partial charge on any atom is 0.170 e. The van der Waals surface area contributed by atoms with Crippen molar-refractivity contribution in [3.8, 4) is 5.75 Å². The fourth-order valence-electron chi connectivity index (χ4n) is 2.38. The van der Waals surface area contributed by atoms with Gasteiger partial charge in [0.2, 0.25) is 0 Å². The van der Waals surface area contributed by atoms with E-state index in [1.165, 1.54) is 0 Å². The standard InChI is InChI=1S/C13H14N2O3/c16-8-11-10-7-9(17)4-5-12(10)15(14-11)13-3-1-2-6-18-13/h4-5,7-8,13,17H,1-3,6H2/t13-/m1/s1. The van der Waals surface area contributed by atoms with Gasteiger partial charge in [-0.15, -0.1) is 0 Å². The molecule has 5 heteroatoms. The van der Waals surface area contributed by atoms with E-state index in [1.807, 2.05) is 0 Å². The van der Waals surface area contributed by atoms with E-state index in [4.69, 9.17) is 4.74 Å². The van der Waals surface area contributed by atoms with Gasteiger partial charge in [0.1, 0.15) is 11.4 Å². The van der Waals surface area contributed by atoms with E-state index in [0.717, 1.165) is 31.4 Å². The molecule has 0 unspecified atom stereocenters. The molecule has 1 aliphatic rings. The molecule has 2 aromatic rings. The molecule has 94 valence electrons. The summed E-state index contributed by atoms with van der Waals surface area (Å²) in [6, 6.07) is 4.92. The topological polar surface area (TPSA) is 64.4 Å². The van der Waals surface area contributed by atoms with Gasteiger partial charge in [0.25, 0.3) is 0 Å². The zero-order valence-corrected chi connectivity index (χ0v) is 9.87. The number of phenols is 1. The molecule has 3 rings (SSSR count). The highest BCUT2D eigenvalue weighted by atomic mass is 16.5. The van der Waals surface area contributed by atoms with Gasteiger partial charge in [0.15, 0.2) is 12.5 Å². The van der Waals surface area contributed by atoms with Crippen LogP contribution in [-0.4, -0.2) is 27.8 Å².